The van der Waals surface area contributed by atoms with Gasteiger partial charge in [0.2, 0.25) is 0 Å². The fourth-order valence-corrected chi connectivity index (χ4v) is 3.76. The van der Waals surface area contributed by atoms with Crippen LogP contribution in [-0.4, -0.2) is 36.4 Å². The zero-order valence-corrected chi connectivity index (χ0v) is 20.7. The van der Waals surface area contributed by atoms with E-state index in [1.807, 2.05) is 32.0 Å². The molecule has 0 spiro atoms. The summed E-state index contributed by atoms with van der Waals surface area (Å²) in [5.41, 5.74) is 3.08. The number of carbonyl (C=O) groups excluding carboxylic acids is 2. The van der Waals surface area contributed by atoms with Crippen LogP contribution in [-0.2, 0) is 0 Å². The molecule has 0 fully saturated rings. The van der Waals surface area contributed by atoms with Crippen LogP contribution in [0.5, 0.6) is 28.7 Å². The minimum Gasteiger partial charge on any atom is -0.506 e. The van der Waals surface area contributed by atoms with E-state index in [9.17, 15) is 14.7 Å². The summed E-state index contributed by atoms with van der Waals surface area (Å²) in [6.07, 6.45) is 1.59. The molecule has 0 radical (unpaired) electrons. The first kappa shape index (κ1) is 25.1. The summed E-state index contributed by atoms with van der Waals surface area (Å²) >= 11 is 0. The molecule has 0 unspecified atom stereocenters. The lowest BCUT2D eigenvalue weighted by molar-refractivity contribution is 0.240. The van der Waals surface area contributed by atoms with Crippen molar-refractivity contribution < 1.29 is 28.9 Å². The van der Waals surface area contributed by atoms with E-state index in [4.69, 9.17) is 14.2 Å². The van der Waals surface area contributed by atoms with Crippen molar-refractivity contribution in [3.05, 3.63) is 71.9 Å². The van der Waals surface area contributed by atoms with Crippen LogP contribution < -0.4 is 30.2 Å². The van der Waals surface area contributed by atoms with Crippen LogP contribution in [0.1, 0.15) is 11.1 Å². The number of rotatable bonds is 6. The van der Waals surface area contributed by atoms with Crippen molar-refractivity contribution in [1.82, 2.24) is 10.3 Å². The molecule has 4 N–H and O–H groups in total. The number of imide groups is 1. The van der Waals surface area contributed by atoms with Gasteiger partial charge >= 0.3 is 12.1 Å². The van der Waals surface area contributed by atoms with E-state index in [1.165, 1.54) is 19.2 Å². The number of hydrogen-bond donors (Lipinski definition) is 4. The molecular formula is C27H26N4O6. The quantitative estimate of drug-likeness (QED) is 0.248. The van der Waals surface area contributed by atoms with Crippen molar-refractivity contribution in [3.8, 4) is 28.7 Å². The molecular weight excluding hydrogens is 476 g/mol. The van der Waals surface area contributed by atoms with Gasteiger partial charge in [-0.25, -0.2) is 9.59 Å². The van der Waals surface area contributed by atoms with Crippen LogP contribution in [0, 0.1) is 13.8 Å². The zero-order valence-electron chi connectivity index (χ0n) is 20.7. The van der Waals surface area contributed by atoms with Gasteiger partial charge in [-0.3, -0.25) is 10.3 Å². The van der Waals surface area contributed by atoms with E-state index in [2.05, 4.69) is 20.9 Å². The Morgan fingerprint density at radius 1 is 0.838 bits per heavy atom. The first-order chi connectivity index (χ1) is 17.8. The number of benzene rings is 3. The predicted octanol–water partition coefficient (Wildman–Crippen LogP) is 5.72. The maximum atomic E-state index is 12.3. The Kier molecular flexibility index (Phi) is 7.28. The number of pyridine rings is 1. The standard InChI is InChI=1S/C27H26N4O6/c1-15-6-5-7-16(2)25(15)30-27(34)31-26(33)29-19-9-8-17(12-21(19)32)37-22-10-11-28-20-14-24(36-4)23(35-3)13-18(20)22/h5-14,32H,1-4H3,(H3,29,30,31,33,34). The monoisotopic (exact) mass is 502 g/mol. The number of phenols is 1. The van der Waals surface area contributed by atoms with Gasteiger partial charge < -0.3 is 30.0 Å². The molecule has 0 aliphatic heterocycles. The lowest BCUT2D eigenvalue weighted by atomic mass is 10.1. The Morgan fingerprint density at radius 2 is 1.51 bits per heavy atom. The topological polar surface area (TPSA) is 131 Å². The van der Waals surface area contributed by atoms with Crippen molar-refractivity contribution >= 4 is 34.3 Å². The molecule has 4 amide bonds. The normalized spacial score (nSPS) is 10.5. The summed E-state index contributed by atoms with van der Waals surface area (Å²) in [6, 6.07) is 13.6. The number of nitrogens with zero attached hydrogens (tertiary/aromatic N) is 1. The van der Waals surface area contributed by atoms with E-state index in [-0.39, 0.29) is 11.4 Å². The minimum atomic E-state index is -0.811. The van der Waals surface area contributed by atoms with E-state index < -0.39 is 12.1 Å². The van der Waals surface area contributed by atoms with Gasteiger partial charge in [0.15, 0.2) is 11.5 Å². The number of methoxy groups -OCH3 is 2. The largest absolute Gasteiger partial charge is 0.506 e. The lowest BCUT2D eigenvalue weighted by Crippen LogP contribution is -2.37. The maximum Gasteiger partial charge on any atom is 0.327 e. The Hall–Kier alpha value is -4.99. The van der Waals surface area contributed by atoms with Crippen LogP contribution in [0.15, 0.2) is 60.8 Å². The molecule has 0 atom stereocenters. The number of fused-ring (bicyclic) bond motifs is 1. The second-order valence-electron chi connectivity index (χ2n) is 8.11. The molecule has 1 heterocycles. The minimum absolute atomic E-state index is 0.0933. The molecule has 10 heteroatoms. The number of urea groups is 2. The van der Waals surface area contributed by atoms with Gasteiger partial charge in [0.05, 0.1) is 25.4 Å². The van der Waals surface area contributed by atoms with Crippen LogP contribution in [0.3, 0.4) is 0 Å². The van der Waals surface area contributed by atoms with Crippen LogP contribution in [0.2, 0.25) is 0 Å². The summed E-state index contributed by atoms with van der Waals surface area (Å²) in [5.74, 6) is 1.60. The summed E-state index contributed by atoms with van der Waals surface area (Å²) in [5, 5.41) is 18.4. The Bertz CT molecular complexity index is 1470. The van der Waals surface area contributed by atoms with E-state index in [0.29, 0.717) is 39.6 Å². The van der Waals surface area contributed by atoms with E-state index in [0.717, 1.165) is 11.1 Å². The van der Waals surface area contributed by atoms with Crippen molar-refractivity contribution in [2.45, 2.75) is 13.8 Å². The number of hydrogen-bond acceptors (Lipinski definition) is 7. The van der Waals surface area contributed by atoms with Gasteiger partial charge in [-0.05, 0) is 49.2 Å². The number of nitrogens with one attached hydrogen (secondary N) is 3. The average molecular weight is 503 g/mol. The molecule has 190 valence electrons. The molecule has 1 aromatic heterocycles. The molecule has 3 aromatic carbocycles. The van der Waals surface area contributed by atoms with Crippen LogP contribution in [0.25, 0.3) is 10.9 Å². The lowest BCUT2D eigenvalue weighted by Gasteiger charge is -2.14. The van der Waals surface area contributed by atoms with Crippen molar-refractivity contribution in [2.24, 2.45) is 0 Å². The molecule has 10 nitrogen and oxygen atoms in total. The molecule has 0 bridgehead atoms. The number of anilines is 2. The maximum absolute atomic E-state index is 12.3. The summed E-state index contributed by atoms with van der Waals surface area (Å²) < 4.78 is 16.7. The van der Waals surface area contributed by atoms with E-state index >= 15 is 0 Å². The van der Waals surface area contributed by atoms with Gasteiger partial charge in [-0.15, -0.1) is 0 Å². The third-order valence-corrected chi connectivity index (χ3v) is 5.60. The SMILES string of the molecule is COc1cc2nccc(Oc3ccc(NC(=O)NC(=O)Nc4c(C)cccc4C)c(O)c3)c2cc1OC. The second kappa shape index (κ2) is 10.7. The Balaban J connectivity index is 1.45. The number of aromatic hydroxyl groups is 1. The summed E-state index contributed by atoms with van der Waals surface area (Å²) in [4.78, 5) is 28.9. The average Bonchev–Trinajstić information content (AvgIpc) is 2.87. The molecule has 4 aromatic rings. The van der Waals surface area contributed by atoms with Gasteiger partial charge in [0.1, 0.15) is 17.2 Å². The predicted molar refractivity (Wildman–Crippen MR) is 140 cm³/mol. The molecule has 0 saturated heterocycles. The van der Waals surface area contributed by atoms with Crippen molar-refractivity contribution in [2.75, 3.05) is 24.9 Å². The highest BCUT2D eigenvalue weighted by atomic mass is 16.5. The molecule has 4 rings (SSSR count). The number of phenolic OH excluding ortho intramolecular Hbond substituents is 1. The van der Waals surface area contributed by atoms with Gasteiger partial charge in [-0.1, -0.05) is 18.2 Å². The first-order valence-corrected chi connectivity index (χ1v) is 11.3. The Labute approximate surface area is 213 Å². The highest BCUT2D eigenvalue weighted by molar-refractivity contribution is 6.06. The molecule has 0 saturated carbocycles. The Morgan fingerprint density at radius 3 is 2.19 bits per heavy atom. The number of amides is 4. The van der Waals surface area contributed by atoms with Crippen LogP contribution in [0.4, 0.5) is 21.0 Å². The number of ether oxygens (including phenoxy) is 3. The number of carbonyl (C=O) groups is 2. The number of para-hydroxylation sites is 1. The third kappa shape index (κ3) is 5.64. The highest BCUT2D eigenvalue weighted by Gasteiger charge is 2.15. The van der Waals surface area contributed by atoms with Crippen molar-refractivity contribution in [3.63, 3.8) is 0 Å². The van der Waals surface area contributed by atoms with Gasteiger partial charge in [0, 0.05) is 29.4 Å². The molecule has 37 heavy (non-hydrogen) atoms. The van der Waals surface area contributed by atoms with Crippen molar-refractivity contribution in [1.29, 1.82) is 0 Å². The smallest absolute Gasteiger partial charge is 0.327 e. The zero-order chi connectivity index (χ0) is 26.5. The summed E-state index contributed by atoms with van der Waals surface area (Å²) in [6.45, 7) is 3.71. The van der Waals surface area contributed by atoms with Gasteiger partial charge in [0.25, 0.3) is 0 Å². The number of aromatic nitrogens is 1. The second-order valence-corrected chi connectivity index (χ2v) is 8.11. The summed E-state index contributed by atoms with van der Waals surface area (Å²) in [7, 11) is 3.08. The number of aryl methyl sites for hydroxylation is 2. The first-order valence-electron chi connectivity index (χ1n) is 11.3. The fourth-order valence-electron chi connectivity index (χ4n) is 3.76. The fraction of sp³-hybridized carbons (Fsp3) is 0.148. The highest BCUT2D eigenvalue weighted by Crippen LogP contribution is 2.38. The molecule has 0 aliphatic rings. The third-order valence-electron chi connectivity index (χ3n) is 5.60. The molecule has 0 aliphatic carbocycles. The van der Waals surface area contributed by atoms with Crippen LogP contribution >= 0.6 is 0 Å². The van der Waals surface area contributed by atoms with E-state index in [1.54, 1.807) is 37.6 Å². The van der Waals surface area contributed by atoms with Gasteiger partial charge in [-0.2, -0.15) is 0 Å².